The molecule has 1 aromatic carbocycles. The van der Waals surface area contributed by atoms with Crippen molar-refractivity contribution in [1.82, 2.24) is 10.3 Å². The lowest BCUT2D eigenvalue weighted by Gasteiger charge is -2.28. The lowest BCUT2D eigenvalue weighted by molar-refractivity contribution is 0.0523. The highest BCUT2D eigenvalue weighted by Gasteiger charge is 2.34. The fraction of sp³-hybridized carbons (Fsp3) is 0.536. The first-order valence-corrected chi connectivity index (χ1v) is 12.5. The highest BCUT2D eigenvalue weighted by atomic mass is 19.1. The highest BCUT2D eigenvalue weighted by molar-refractivity contribution is 5.97. The Kier molecular flexibility index (Phi) is 7.43. The second-order valence-corrected chi connectivity index (χ2v) is 10.7. The summed E-state index contributed by atoms with van der Waals surface area (Å²) in [6.45, 7) is 5.63. The summed E-state index contributed by atoms with van der Waals surface area (Å²) in [5.74, 6) is 0.701. The third-order valence-corrected chi connectivity index (χ3v) is 6.79. The molecule has 0 aliphatic heterocycles. The summed E-state index contributed by atoms with van der Waals surface area (Å²) in [7, 11) is 1.53. The number of carbonyl (C=O) groups is 2. The molecule has 2 aliphatic rings. The van der Waals surface area contributed by atoms with Crippen LogP contribution in [-0.2, 0) is 11.3 Å². The van der Waals surface area contributed by atoms with Gasteiger partial charge in [0.1, 0.15) is 22.9 Å². The van der Waals surface area contributed by atoms with Gasteiger partial charge in [0.25, 0.3) is 0 Å². The molecular weight excluding hydrogens is 447 g/mol. The van der Waals surface area contributed by atoms with Crippen LogP contribution in [0.25, 0.3) is 0 Å². The quantitative estimate of drug-likeness (QED) is 0.470. The number of hydrogen-bond donors (Lipinski definition) is 1. The Morgan fingerprint density at radius 1 is 1.00 bits per heavy atom. The molecule has 2 aliphatic carbocycles. The second kappa shape index (κ2) is 10.3. The molecule has 0 atom stereocenters. The number of ether oxygens (including phenoxy) is 2. The minimum Gasteiger partial charge on any atom is -0.497 e. The monoisotopic (exact) mass is 482 g/mol. The molecule has 0 radical (unpaired) electrons. The number of aromatic nitrogens is 1. The molecule has 35 heavy (non-hydrogen) atoms. The van der Waals surface area contributed by atoms with Crippen molar-refractivity contribution in [1.29, 1.82) is 0 Å². The smallest absolute Gasteiger partial charge is 0.407 e. The molecule has 2 fully saturated rings. The molecule has 0 spiro atoms. The Balaban J connectivity index is 1.43. The van der Waals surface area contributed by atoms with Gasteiger partial charge in [-0.2, -0.15) is 0 Å². The maximum Gasteiger partial charge on any atom is 0.407 e. The number of Topliss-reactive ketones (excluding diaryl/α,β-unsaturated/α-hetero) is 1. The summed E-state index contributed by atoms with van der Waals surface area (Å²) in [5.41, 5.74) is 2.30. The fourth-order valence-corrected chi connectivity index (χ4v) is 4.83. The second-order valence-electron chi connectivity index (χ2n) is 10.7. The molecule has 0 saturated heterocycles. The van der Waals surface area contributed by atoms with Crippen molar-refractivity contribution in [2.45, 2.75) is 83.3 Å². The number of rotatable bonds is 7. The van der Waals surface area contributed by atoms with E-state index in [1.54, 1.807) is 12.1 Å². The van der Waals surface area contributed by atoms with E-state index < -0.39 is 11.7 Å². The van der Waals surface area contributed by atoms with Crippen LogP contribution in [0.5, 0.6) is 5.75 Å². The summed E-state index contributed by atoms with van der Waals surface area (Å²) < 4.78 is 25.0. The van der Waals surface area contributed by atoms with Crippen LogP contribution in [0.2, 0.25) is 0 Å². The van der Waals surface area contributed by atoms with Gasteiger partial charge < -0.3 is 14.8 Å². The Hall–Kier alpha value is -2.96. The van der Waals surface area contributed by atoms with Crippen LogP contribution in [0.1, 0.15) is 98.4 Å². The van der Waals surface area contributed by atoms with Crippen LogP contribution in [0.4, 0.5) is 9.18 Å². The number of nitrogens with zero attached hydrogens (tertiary/aromatic N) is 1. The van der Waals surface area contributed by atoms with Crippen LogP contribution < -0.4 is 10.1 Å². The van der Waals surface area contributed by atoms with E-state index in [0.29, 0.717) is 41.5 Å². The zero-order valence-electron chi connectivity index (χ0n) is 21.0. The SMILES string of the molecule is COc1ccc(C2CCC(C(=O)c3nc(CNC(=O)OC(C)(C)C)ccc3C3CC3)CC2)c(F)c1. The van der Waals surface area contributed by atoms with Gasteiger partial charge in [-0.25, -0.2) is 14.2 Å². The third kappa shape index (κ3) is 6.38. The zero-order chi connectivity index (χ0) is 25.2. The number of pyridine rings is 1. The molecule has 4 rings (SSSR count). The maximum atomic E-state index is 14.6. The van der Waals surface area contributed by atoms with Crippen LogP contribution in [0, 0.1) is 11.7 Å². The molecule has 1 aromatic heterocycles. The van der Waals surface area contributed by atoms with E-state index >= 15 is 0 Å². The van der Waals surface area contributed by atoms with Gasteiger partial charge in [0.15, 0.2) is 5.78 Å². The number of amides is 1. The number of carbonyl (C=O) groups excluding carboxylic acids is 2. The van der Waals surface area contributed by atoms with E-state index in [-0.39, 0.29) is 30.0 Å². The molecule has 2 saturated carbocycles. The topological polar surface area (TPSA) is 77.5 Å². The van der Waals surface area contributed by atoms with Crippen molar-refractivity contribution >= 4 is 11.9 Å². The largest absolute Gasteiger partial charge is 0.497 e. The van der Waals surface area contributed by atoms with Gasteiger partial charge in [-0.05, 0) is 94.4 Å². The van der Waals surface area contributed by atoms with E-state index in [4.69, 9.17) is 14.5 Å². The number of hydrogen-bond acceptors (Lipinski definition) is 5. The van der Waals surface area contributed by atoms with Crippen LogP contribution in [0.15, 0.2) is 30.3 Å². The van der Waals surface area contributed by atoms with Gasteiger partial charge in [0.05, 0.1) is 19.3 Å². The minimum atomic E-state index is -0.581. The third-order valence-electron chi connectivity index (χ3n) is 6.79. The van der Waals surface area contributed by atoms with Crippen LogP contribution in [0.3, 0.4) is 0 Å². The number of nitrogens with one attached hydrogen (secondary N) is 1. The Morgan fingerprint density at radius 3 is 2.23 bits per heavy atom. The standard InChI is InChI=1S/C28H35FN2O4/c1-28(2,3)35-27(33)30-16-20-11-13-23(18-5-6-18)25(31-20)26(32)19-9-7-17(8-10-19)22-14-12-21(34-4)15-24(22)29/h11-15,17-19H,5-10,16H2,1-4H3,(H,30,33). The molecule has 1 heterocycles. The van der Waals surface area contributed by atoms with Crippen molar-refractivity contribution in [3.8, 4) is 5.75 Å². The first-order valence-electron chi connectivity index (χ1n) is 12.5. The van der Waals surface area contributed by atoms with Gasteiger partial charge in [-0.3, -0.25) is 4.79 Å². The Bertz CT molecular complexity index is 1080. The molecule has 188 valence electrons. The molecule has 1 N–H and O–H groups in total. The van der Waals surface area contributed by atoms with Gasteiger partial charge in [-0.15, -0.1) is 0 Å². The van der Waals surface area contributed by atoms with Gasteiger partial charge in [-0.1, -0.05) is 12.1 Å². The van der Waals surface area contributed by atoms with Crippen molar-refractivity contribution in [2.24, 2.45) is 5.92 Å². The summed E-state index contributed by atoms with van der Waals surface area (Å²) in [6, 6.07) is 8.88. The maximum absolute atomic E-state index is 14.6. The Morgan fingerprint density at radius 2 is 1.63 bits per heavy atom. The lowest BCUT2D eigenvalue weighted by atomic mass is 9.76. The van der Waals surface area contributed by atoms with E-state index in [9.17, 15) is 14.0 Å². The summed E-state index contributed by atoms with van der Waals surface area (Å²) >= 11 is 0. The number of benzene rings is 1. The first-order chi connectivity index (χ1) is 16.6. The van der Waals surface area contributed by atoms with Crippen molar-refractivity contribution < 1.29 is 23.5 Å². The zero-order valence-corrected chi connectivity index (χ0v) is 21.0. The molecular formula is C28H35FN2O4. The van der Waals surface area contributed by atoms with Crippen molar-refractivity contribution in [3.05, 3.63) is 58.7 Å². The number of ketones is 1. The predicted octanol–water partition coefficient (Wildman–Crippen LogP) is 6.29. The van der Waals surface area contributed by atoms with Crippen molar-refractivity contribution in [3.63, 3.8) is 0 Å². The number of alkyl carbamates (subject to hydrolysis) is 1. The Labute approximate surface area is 206 Å². The van der Waals surface area contributed by atoms with E-state index in [1.807, 2.05) is 32.9 Å². The summed E-state index contributed by atoms with van der Waals surface area (Å²) in [6.07, 6.45) is 4.57. The van der Waals surface area contributed by atoms with E-state index in [1.165, 1.54) is 13.2 Å². The van der Waals surface area contributed by atoms with Gasteiger partial charge in [0.2, 0.25) is 0 Å². The van der Waals surface area contributed by atoms with E-state index in [0.717, 1.165) is 31.2 Å². The van der Waals surface area contributed by atoms with E-state index in [2.05, 4.69) is 5.32 Å². The lowest BCUT2D eigenvalue weighted by Crippen LogP contribution is -2.32. The normalized spacial score (nSPS) is 20.3. The molecule has 0 unspecified atom stereocenters. The van der Waals surface area contributed by atoms with Crippen LogP contribution in [-0.4, -0.2) is 29.6 Å². The molecule has 6 nitrogen and oxygen atoms in total. The minimum absolute atomic E-state index is 0.0691. The highest BCUT2D eigenvalue weighted by Crippen LogP contribution is 2.43. The summed E-state index contributed by atoms with van der Waals surface area (Å²) in [5, 5.41) is 2.72. The number of halogens is 1. The number of methoxy groups -OCH3 is 1. The first kappa shape index (κ1) is 25.1. The average molecular weight is 483 g/mol. The summed E-state index contributed by atoms with van der Waals surface area (Å²) in [4.78, 5) is 30.3. The predicted molar refractivity (Wildman–Crippen MR) is 131 cm³/mol. The molecule has 7 heteroatoms. The van der Waals surface area contributed by atoms with Gasteiger partial charge >= 0.3 is 6.09 Å². The van der Waals surface area contributed by atoms with Crippen molar-refractivity contribution in [2.75, 3.05) is 7.11 Å². The molecule has 2 aromatic rings. The molecule has 0 bridgehead atoms. The molecule has 1 amide bonds. The van der Waals surface area contributed by atoms with Gasteiger partial charge in [0, 0.05) is 12.0 Å². The average Bonchev–Trinajstić information content (AvgIpc) is 3.66. The fourth-order valence-electron chi connectivity index (χ4n) is 4.83. The van der Waals surface area contributed by atoms with Crippen LogP contribution >= 0.6 is 0 Å².